The van der Waals surface area contributed by atoms with Gasteiger partial charge in [-0.1, -0.05) is 36.4 Å². The molecular weight excluding hydrogens is 268 g/mol. The lowest BCUT2D eigenvalue weighted by Crippen LogP contribution is -2.45. The van der Waals surface area contributed by atoms with Crippen molar-refractivity contribution in [3.63, 3.8) is 0 Å². The van der Waals surface area contributed by atoms with Gasteiger partial charge >= 0.3 is 5.97 Å². The maximum atomic E-state index is 12.6. The molecule has 1 amide bonds. The van der Waals surface area contributed by atoms with Gasteiger partial charge in [-0.15, -0.1) is 0 Å². The predicted molar refractivity (Wildman–Crippen MR) is 77.5 cm³/mol. The molecule has 5 heteroatoms. The second kappa shape index (κ2) is 5.33. The fourth-order valence-corrected chi connectivity index (χ4v) is 3.19. The molecule has 0 saturated heterocycles. The van der Waals surface area contributed by atoms with Crippen LogP contribution in [0.25, 0.3) is 0 Å². The summed E-state index contributed by atoms with van der Waals surface area (Å²) in [4.78, 5) is 25.8. The van der Waals surface area contributed by atoms with E-state index in [1.165, 1.54) is 4.90 Å². The zero-order valence-corrected chi connectivity index (χ0v) is 11.6. The van der Waals surface area contributed by atoms with E-state index in [0.717, 1.165) is 11.1 Å². The highest BCUT2D eigenvalue weighted by Crippen LogP contribution is 2.32. The van der Waals surface area contributed by atoms with Gasteiger partial charge < -0.3 is 15.7 Å². The molecule has 3 N–H and O–H groups in total. The van der Waals surface area contributed by atoms with Gasteiger partial charge in [0.25, 0.3) is 0 Å². The van der Waals surface area contributed by atoms with Crippen LogP contribution in [0.3, 0.4) is 0 Å². The minimum Gasteiger partial charge on any atom is -0.479 e. The number of hydrogen-bond acceptors (Lipinski definition) is 3. The lowest BCUT2D eigenvalue weighted by Gasteiger charge is -2.36. The van der Waals surface area contributed by atoms with E-state index in [-0.39, 0.29) is 17.9 Å². The quantitative estimate of drug-likeness (QED) is 0.797. The number of rotatable bonds is 2. The van der Waals surface area contributed by atoms with Crippen LogP contribution >= 0.6 is 0 Å². The number of hydrogen-bond donors (Lipinski definition) is 2. The van der Waals surface area contributed by atoms with Crippen molar-refractivity contribution in [3.05, 3.63) is 47.5 Å². The molecule has 3 rings (SSSR count). The molecule has 1 aliphatic carbocycles. The number of carboxylic acid groups (broad SMARTS) is 1. The first-order valence-electron chi connectivity index (χ1n) is 7.13. The Labute approximate surface area is 123 Å². The van der Waals surface area contributed by atoms with Gasteiger partial charge in [-0.3, -0.25) is 4.79 Å². The van der Waals surface area contributed by atoms with Crippen LogP contribution in [0.4, 0.5) is 0 Å². The van der Waals surface area contributed by atoms with Crippen LogP contribution in [-0.4, -0.2) is 34.5 Å². The number of nitrogens with two attached hydrogens (primary N) is 1. The molecule has 1 heterocycles. The van der Waals surface area contributed by atoms with Gasteiger partial charge in [0, 0.05) is 12.6 Å². The molecule has 0 bridgehead atoms. The number of aliphatic carboxylic acids is 1. The van der Waals surface area contributed by atoms with E-state index in [4.69, 9.17) is 5.73 Å². The molecule has 0 radical (unpaired) electrons. The standard InChI is InChI=1S/C16H18N2O3/c17-12-6-5-11(9-12)15(19)18-8-7-10-3-1-2-4-13(10)14(18)16(20)21/h1-6,11-12,14H,7-9,17H2,(H,20,21). The largest absolute Gasteiger partial charge is 0.479 e. The molecule has 3 unspecified atom stereocenters. The summed E-state index contributed by atoms with van der Waals surface area (Å²) in [6.45, 7) is 0.437. The van der Waals surface area contributed by atoms with Crippen molar-refractivity contribution in [2.75, 3.05) is 6.54 Å². The maximum absolute atomic E-state index is 12.6. The van der Waals surface area contributed by atoms with Gasteiger partial charge in [-0.2, -0.15) is 0 Å². The maximum Gasteiger partial charge on any atom is 0.331 e. The van der Waals surface area contributed by atoms with Crippen LogP contribution < -0.4 is 5.73 Å². The summed E-state index contributed by atoms with van der Waals surface area (Å²) in [6.07, 6.45) is 4.86. The molecular formula is C16H18N2O3. The summed E-state index contributed by atoms with van der Waals surface area (Å²) in [6, 6.07) is 6.43. The highest BCUT2D eigenvalue weighted by atomic mass is 16.4. The van der Waals surface area contributed by atoms with Gasteiger partial charge in [-0.25, -0.2) is 4.79 Å². The van der Waals surface area contributed by atoms with Gasteiger partial charge in [0.05, 0.1) is 5.92 Å². The third-order valence-electron chi connectivity index (χ3n) is 4.23. The molecule has 110 valence electrons. The van der Waals surface area contributed by atoms with Crippen LogP contribution in [0.15, 0.2) is 36.4 Å². The molecule has 1 aromatic rings. The molecule has 0 aromatic heterocycles. The van der Waals surface area contributed by atoms with Gasteiger partial charge in [0.1, 0.15) is 0 Å². The number of nitrogens with zero attached hydrogens (tertiary/aromatic N) is 1. The Morgan fingerprint density at radius 1 is 1.24 bits per heavy atom. The van der Waals surface area contributed by atoms with Crippen LogP contribution in [0, 0.1) is 5.92 Å². The number of carbonyl (C=O) groups is 2. The molecule has 1 aromatic carbocycles. The minimum atomic E-state index is -0.984. The van der Waals surface area contributed by atoms with Crippen molar-refractivity contribution in [2.24, 2.45) is 11.7 Å². The van der Waals surface area contributed by atoms with Gasteiger partial charge in [-0.05, 0) is 24.0 Å². The minimum absolute atomic E-state index is 0.112. The summed E-state index contributed by atoms with van der Waals surface area (Å²) in [7, 11) is 0. The molecule has 1 aliphatic heterocycles. The molecule has 21 heavy (non-hydrogen) atoms. The number of carboxylic acids is 1. The third kappa shape index (κ3) is 2.45. The summed E-state index contributed by atoms with van der Waals surface area (Å²) < 4.78 is 0. The zero-order chi connectivity index (χ0) is 15.0. The summed E-state index contributed by atoms with van der Waals surface area (Å²) in [5.41, 5.74) is 7.52. The second-order valence-corrected chi connectivity index (χ2v) is 5.61. The first-order valence-corrected chi connectivity index (χ1v) is 7.13. The number of carbonyl (C=O) groups excluding carboxylic acids is 1. The average Bonchev–Trinajstić information content (AvgIpc) is 2.91. The first-order chi connectivity index (χ1) is 10.1. The monoisotopic (exact) mass is 286 g/mol. The summed E-state index contributed by atoms with van der Waals surface area (Å²) in [5.74, 6) is -1.42. The number of benzene rings is 1. The fraction of sp³-hybridized carbons (Fsp3) is 0.375. The van der Waals surface area contributed by atoms with Crippen molar-refractivity contribution < 1.29 is 14.7 Å². The molecule has 0 spiro atoms. The Kier molecular flexibility index (Phi) is 3.51. The fourth-order valence-electron chi connectivity index (χ4n) is 3.19. The summed E-state index contributed by atoms with van der Waals surface area (Å²) in [5, 5.41) is 9.56. The Bertz CT molecular complexity index is 611. The van der Waals surface area contributed by atoms with Crippen LogP contribution in [0.1, 0.15) is 23.6 Å². The first kappa shape index (κ1) is 13.8. The van der Waals surface area contributed by atoms with Crippen LogP contribution in [0.5, 0.6) is 0 Å². The van der Waals surface area contributed by atoms with E-state index in [2.05, 4.69) is 0 Å². The molecule has 5 nitrogen and oxygen atoms in total. The smallest absolute Gasteiger partial charge is 0.331 e. The topological polar surface area (TPSA) is 83.6 Å². The van der Waals surface area contributed by atoms with E-state index in [9.17, 15) is 14.7 Å². The van der Waals surface area contributed by atoms with E-state index in [1.807, 2.05) is 24.3 Å². The summed E-state index contributed by atoms with van der Waals surface area (Å²) >= 11 is 0. The van der Waals surface area contributed by atoms with Crippen molar-refractivity contribution in [1.82, 2.24) is 4.90 Å². The van der Waals surface area contributed by atoms with Gasteiger partial charge in [0.2, 0.25) is 5.91 Å². The zero-order valence-electron chi connectivity index (χ0n) is 11.6. The number of fused-ring (bicyclic) bond motifs is 1. The van der Waals surface area contributed by atoms with E-state index >= 15 is 0 Å². The Balaban J connectivity index is 1.91. The predicted octanol–water partition coefficient (Wildman–Crippen LogP) is 1.10. The SMILES string of the molecule is NC1C=CC(C(=O)N2CCc3ccccc3C2C(=O)O)C1. The highest BCUT2D eigenvalue weighted by Gasteiger charge is 2.38. The number of amides is 1. The molecule has 0 saturated carbocycles. The lowest BCUT2D eigenvalue weighted by atomic mass is 9.91. The molecule has 2 aliphatic rings. The second-order valence-electron chi connectivity index (χ2n) is 5.61. The van der Waals surface area contributed by atoms with Crippen molar-refractivity contribution in [1.29, 1.82) is 0 Å². The average molecular weight is 286 g/mol. The lowest BCUT2D eigenvalue weighted by molar-refractivity contribution is -0.152. The van der Waals surface area contributed by atoms with E-state index < -0.39 is 12.0 Å². The molecule has 3 atom stereocenters. The van der Waals surface area contributed by atoms with Crippen molar-refractivity contribution in [3.8, 4) is 0 Å². The van der Waals surface area contributed by atoms with Crippen LogP contribution in [-0.2, 0) is 16.0 Å². The van der Waals surface area contributed by atoms with Crippen molar-refractivity contribution in [2.45, 2.75) is 24.9 Å². The Morgan fingerprint density at radius 3 is 2.67 bits per heavy atom. The van der Waals surface area contributed by atoms with Crippen LogP contribution in [0.2, 0.25) is 0 Å². The molecule has 0 fully saturated rings. The van der Waals surface area contributed by atoms with E-state index in [1.54, 1.807) is 12.1 Å². The normalized spacial score (nSPS) is 27.5. The van der Waals surface area contributed by atoms with Gasteiger partial charge in [0.15, 0.2) is 6.04 Å². The third-order valence-corrected chi connectivity index (χ3v) is 4.23. The van der Waals surface area contributed by atoms with E-state index in [0.29, 0.717) is 19.4 Å². The Hall–Kier alpha value is -2.14. The van der Waals surface area contributed by atoms with Crippen molar-refractivity contribution >= 4 is 11.9 Å². The Morgan fingerprint density at radius 2 is 2.00 bits per heavy atom. The highest BCUT2D eigenvalue weighted by molar-refractivity contribution is 5.88.